The van der Waals surface area contributed by atoms with Gasteiger partial charge in [-0.3, -0.25) is 10.2 Å². The number of carbonyl (C=O) groups is 2. The molecule has 0 spiro atoms. The Balaban J connectivity index is 2.28. The zero-order valence-electron chi connectivity index (χ0n) is 12.8. The second-order valence-electron chi connectivity index (χ2n) is 5.81. The smallest absolute Gasteiger partial charge is 0.404 e. The number of hydrogen-bond acceptors (Lipinski definition) is 3. The van der Waals surface area contributed by atoms with Crippen molar-refractivity contribution in [2.24, 2.45) is 5.41 Å². The summed E-state index contributed by atoms with van der Waals surface area (Å²) in [5.41, 5.74) is 5.69. The van der Waals surface area contributed by atoms with Crippen LogP contribution < -0.4 is 16.2 Å². The van der Waals surface area contributed by atoms with Crippen LogP contribution in [0, 0.1) is 11.2 Å². The third-order valence-corrected chi connectivity index (χ3v) is 3.18. The van der Waals surface area contributed by atoms with Crippen LogP contribution in [0.25, 0.3) is 0 Å². The Bertz CT molecular complexity index is 503. The summed E-state index contributed by atoms with van der Waals surface area (Å²) in [7, 11) is 0. The number of carboxylic acid groups (broad SMARTS) is 1. The lowest BCUT2D eigenvalue weighted by Crippen LogP contribution is -2.42. The fraction of sp³-hybridized carbons (Fsp3) is 0.467. The molecule has 0 unspecified atom stereocenters. The van der Waals surface area contributed by atoms with Gasteiger partial charge in [0.05, 0.1) is 0 Å². The van der Waals surface area contributed by atoms with Crippen LogP contribution in [0.3, 0.4) is 0 Å². The molecule has 0 heterocycles. The molecule has 6 nitrogen and oxygen atoms in total. The molecule has 0 aliphatic heterocycles. The van der Waals surface area contributed by atoms with Gasteiger partial charge in [-0.2, -0.15) is 0 Å². The number of benzene rings is 1. The summed E-state index contributed by atoms with van der Waals surface area (Å²) in [5.74, 6) is -0.719. The van der Waals surface area contributed by atoms with Crippen LogP contribution in [0.5, 0.6) is 0 Å². The van der Waals surface area contributed by atoms with Gasteiger partial charge in [0.15, 0.2) is 0 Å². The summed E-state index contributed by atoms with van der Waals surface area (Å²) < 4.78 is 12.8. The molecule has 0 aromatic heterocycles. The Hall–Kier alpha value is -2.15. The van der Waals surface area contributed by atoms with Crippen LogP contribution in [0.15, 0.2) is 24.3 Å². The molecular weight excluding hydrogens is 289 g/mol. The second-order valence-corrected chi connectivity index (χ2v) is 5.81. The molecule has 2 amide bonds. The van der Waals surface area contributed by atoms with Crippen molar-refractivity contribution in [3.63, 3.8) is 0 Å². The van der Waals surface area contributed by atoms with Crippen molar-refractivity contribution in [1.82, 2.24) is 16.2 Å². The monoisotopic (exact) mass is 311 g/mol. The van der Waals surface area contributed by atoms with Gasteiger partial charge in [0.1, 0.15) is 5.82 Å². The number of amides is 2. The Kier molecular flexibility index (Phi) is 6.78. The van der Waals surface area contributed by atoms with Crippen molar-refractivity contribution >= 4 is 12.0 Å². The summed E-state index contributed by atoms with van der Waals surface area (Å²) in [5, 5.41) is 10.8. The summed E-state index contributed by atoms with van der Waals surface area (Å²) in [6.07, 6.45) is 0.488. The Morgan fingerprint density at radius 3 is 2.45 bits per heavy atom. The predicted molar refractivity (Wildman–Crippen MR) is 80.9 cm³/mol. The molecule has 0 radical (unpaired) electrons. The number of nitrogens with one attached hydrogen (secondary N) is 3. The molecule has 0 atom stereocenters. The van der Waals surface area contributed by atoms with E-state index < -0.39 is 6.09 Å². The molecule has 1 rings (SSSR count). The molecular formula is C15H22FN3O3. The van der Waals surface area contributed by atoms with Crippen molar-refractivity contribution in [2.45, 2.75) is 26.7 Å². The average Bonchev–Trinajstić information content (AvgIpc) is 2.44. The number of carbonyl (C=O) groups excluding carboxylic acids is 1. The molecule has 7 heteroatoms. The first kappa shape index (κ1) is 17.9. The lowest BCUT2D eigenvalue weighted by atomic mass is 9.88. The summed E-state index contributed by atoms with van der Waals surface area (Å²) in [6.45, 7) is 4.98. The molecule has 4 N–H and O–H groups in total. The summed E-state index contributed by atoms with van der Waals surface area (Å²) in [4.78, 5) is 22.1. The molecule has 122 valence electrons. The molecule has 0 saturated carbocycles. The Morgan fingerprint density at radius 2 is 1.86 bits per heavy atom. The minimum Gasteiger partial charge on any atom is -0.465 e. The van der Waals surface area contributed by atoms with Gasteiger partial charge in [-0.15, -0.1) is 0 Å². The standard InChI is InChI=1S/C15H22FN3O3/c1-15(2,8-3-9-17-14(21)22)10-18-19-13(20)11-4-6-12(16)7-5-11/h4-7,17-18H,3,8-10H2,1-2H3,(H,19,20)(H,21,22). The molecule has 0 bridgehead atoms. The maximum absolute atomic E-state index is 12.8. The molecule has 22 heavy (non-hydrogen) atoms. The van der Waals surface area contributed by atoms with Crippen molar-refractivity contribution < 1.29 is 19.1 Å². The minimum absolute atomic E-state index is 0.101. The van der Waals surface area contributed by atoms with Gasteiger partial charge in [-0.25, -0.2) is 14.6 Å². The highest BCUT2D eigenvalue weighted by Crippen LogP contribution is 2.20. The number of rotatable bonds is 8. The SMILES string of the molecule is CC(C)(CCCNC(=O)O)CNNC(=O)c1ccc(F)cc1. The van der Waals surface area contributed by atoms with E-state index in [-0.39, 0.29) is 17.1 Å². The lowest BCUT2D eigenvalue weighted by Gasteiger charge is -2.25. The van der Waals surface area contributed by atoms with Gasteiger partial charge in [0.2, 0.25) is 0 Å². The number of hydrogen-bond donors (Lipinski definition) is 4. The highest BCUT2D eigenvalue weighted by molar-refractivity contribution is 5.93. The first-order valence-electron chi connectivity index (χ1n) is 7.06. The largest absolute Gasteiger partial charge is 0.465 e. The first-order chi connectivity index (χ1) is 10.3. The van der Waals surface area contributed by atoms with Gasteiger partial charge < -0.3 is 10.4 Å². The van der Waals surface area contributed by atoms with E-state index in [2.05, 4.69) is 16.2 Å². The highest BCUT2D eigenvalue weighted by atomic mass is 19.1. The first-order valence-corrected chi connectivity index (χ1v) is 7.06. The van der Waals surface area contributed by atoms with Crippen molar-refractivity contribution in [3.05, 3.63) is 35.6 Å². The van der Waals surface area contributed by atoms with E-state index in [4.69, 9.17) is 5.11 Å². The van der Waals surface area contributed by atoms with Gasteiger partial charge >= 0.3 is 6.09 Å². The average molecular weight is 311 g/mol. The lowest BCUT2D eigenvalue weighted by molar-refractivity contribution is 0.0924. The highest BCUT2D eigenvalue weighted by Gasteiger charge is 2.17. The minimum atomic E-state index is -1.03. The Morgan fingerprint density at radius 1 is 1.23 bits per heavy atom. The van der Waals surface area contributed by atoms with Crippen LogP contribution in [0.1, 0.15) is 37.0 Å². The quantitative estimate of drug-likeness (QED) is 0.437. The van der Waals surface area contributed by atoms with Crippen LogP contribution in [-0.4, -0.2) is 30.2 Å². The predicted octanol–water partition coefficient (Wildman–Crippen LogP) is 2.13. The summed E-state index contributed by atoms with van der Waals surface area (Å²) in [6, 6.07) is 5.28. The maximum Gasteiger partial charge on any atom is 0.404 e. The molecule has 0 aliphatic rings. The molecule has 0 saturated heterocycles. The van der Waals surface area contributed by atoms with E-state index in [9.17, 15) is 14.0 Å². The van der Waals surface area contributed by atoms with E-state index >= 15 is 0 Å². The van der Waals surface area contributed by atoms with Crippen LogP contribution >= 0.6 is 0 Å². The zero-order valence-corrected chi connectivity index (χ0v) is 12.8. The fourth-order valence-electron chi connectivity index (χ4n) is 1.89. The van der Waals surface area contributed by atoms with Gasteiger partial charge in [-0.05, 0) is 42.5 Å². The van der Waals surface area contributed by atoms with Crippen molar-refractivity contribution in [2.75, 3.05) is 13.1 Å². The molecule has 1 aromatic rings. The van der Waals surface area contributed by atoms with Crippen LogP contribution in [0.4, 0.5) is 9.18 Å². The van der Waals surface area contributed by atoms with E-state index in [1.165, 1.54) is 24.3 Å². The van der Waals surface area contributed by atoms with Gasteiger partial charge in [-0.1, -0.05) is 13.8 Å². The topological polar surface area (TPSA) is 90.5 Å². The van der Waals surface area contributed by atoms with Crippen LogP contribution in [-0.2, 0) is 0 Å². The van der Waals surface area contributed by atoms with Gasteiger partial charge in [0, 0.05) is 18.7 Å². The number of halogens is 1. The third-order valence-electron chi connectivity index (χ3n) is 3.18. The number of hydrazine groups is 1. The maximum atomic E-state index is 12.8. The molecule has 1 aromatic carbocycles. The van der Waals surface area contributed by atoms with Crippen molar-refractivity contribution in [1.29, 1.82) is 0 Å². The van der Waals surface area contributed by atoms with E-state index in [0.29, 0.717) is 25.1 Å². The normalized spacial score (nSPS) is 11.0. The summed E-state index contributed by atoms with van der Waals surface area (Å²) >= 11 is 0. The van der Waals surface area contributed by atoms with Crippen molar-refractivity contribution in [3.8, 4) is 0 Å². The van der Waals surface area contributed by atoms with E-state index in [0.717, 1.165) is 6.42 Å². The van der Waals surface area contributed by atoms with E-state index in [1.807, 2.05) is 13.8 Å². The third kappa shape index (κ3) is 7.03. The fourth-order valence-corrected chi connectivity index (χ4v) is 1.89. The zero-order chi connectivity index (χ0) is 16.6. The second kappa shape index (κ2) is 8.33. The van der Waals surface area contributed by atoms with Crippen LogP contribution in [0.2, 0.25) is 0 Å². The van der Waals surface area contributed by atoms with Gasteiger partial charge in [0.25, 0.3) is 5.91 Å². The van der Waals surface area contributed by atoms with E-state index in [1.54, 1.807) is 0 Å². The molecule has 0 aliphatic carbocycles. The Labute approximate surface area is 129 Å². The molecule has 0 fully saturated rings.